The molecule has 0 saturated heterocycles. The number of azo groups is 2. The fraction of sp³-hybridized carbons (Fsp3) is 0.0800. The Morgan fingerprint density at radius 1 is 0.804 bits per heavy atom. The predicted octanol–water partition coefficient (Wildman–Crippen LogP) is 5.20. The number of hydrogen-bond donors (Lipinski definition) is 5. The third kappa shape index (κ3) is 6.51. The minimum atomic E-state index is -5.12. The van der Waals surface area contributed by atoms with E-state index < -0.39 is 86.1 Å². The van der Waals surface area contributed by atoms with E-state index in [4.69, 9.17) is 9.47 Å². The molecule has 4 aromatic rings. The zero-order valence-electron chi connectivity index (χ0n) is 23.1. The molecule has 5 N–H and O–H groups in total. The van der Waals surface area contributed by atoms with Crippen LogP contribution in [0.15, 0.2) is 78.8 Å². The van der Waals surface area contributed by atoms with E-state index in [1.807, 2.05) is 0 Å². The highest BCUT2D eigenvalue weighted by Crippen LogP contribution is 2.48. The molecule has 0 fully saturated rings. The van der Waals surface area contributed by atoms with E-state index in [1.54, 1.807) is 0 Å². The van der Waals surface area contributed by atoms with Crippen LogP contribution in [0.2, 0.25) is 0 Å². The van der Waals surface area contributed by atoms with Gasteiger partial charge in [-0.25, -0.2) is 4.79 Å². The second kappa shape index (κ2) is 12.3. The molecule has 0 aliphatic heterocycles. The Bertz CT molecular complexity index is 2220. The molecule has 0 aromatic heterocycles. The number of ether oxygens (including phenoxy) is 2. The fourth-order valence-corrected chi connectivity index (χ4v) is 5.35. The molecule has 0 aliphatic carbocycles. The summed E-state index contributed by atoms with van der Waals surface area (Å²) < 4.78 is 77.9. The molecule has 46 heavy (non-hydrogen) atoms. The van der Waals surface area contributed by atoms with E-state index in [-0.39, 0.29) is 22.6 Å². The monoisotopic (exact) mass is 677 g/mol. The number of carboxylic acid groups (broad SMARTS) is 1. The third-order valence-electron chi connectivity index (χ3n) is 6.13. The summed E-state index contributed by atoms with van der Waals surface area (Å²) in [6, 6.07) is 7.72. The number of hydrogen-bond acceptors (Lipinski definition) is 15. The maximum atomic E-state index is 12.2. The molecule has 4 rings (SSSR count). The molecule has 0 bridgehead atoms. The molecule has 0 saturated carbocycles. The van der Waals surface area contributed by atoms with Crippen LogP contribution in [0, 0.1) is 10.1 Å². The molecule has 0 aliphatic rings. The molecular formula is C25H19N5O14S2. The van der Waals surface area contributed by atoms with Gasteiger partial charge in [0.1, 0.15) is 38.2 Å². The molecule has 21 heteroatoms. The van der Waals surface area contributed by atoms with Crippen molar-refractivity contribution in [1.29, 1.82) is 0 Å². The Morgan fingerprint density at radius 3 is 2.00 bits per heavy atom. The van der Waals surface area contributed by atoms with Crippen LogP contribution in [-0.4, -0.2) is 66.4 Å². The van der Waals surface area contributed by atoms with Gasteiger partial charge < -0.3 is 24.8 Å². The number of benzene rings is 4. The van der Waals surface area contributed by atoms with Crippen molar-refractivity contribution in [2.45, 2.75) is 9.79 Å². The van der Waals surface area contributed by atoms with Crippen molar-refractivity contribution in [3.8, 4) is 23.0 Å². The quantitative estimate of drug-likeness (QED) is 0.0624. The molecule has 19 nitrogen and oxygen atoms in total. The summed E-state index contributed by atoms with van der Waals surface area (Å²) in [4.78, 5) is 19.9. The van der Waals surface area contributed by atoms with E-state index in [1.165, 1.54) is 13.2 Å². The minimum absolute atomic E-state index is 0.0221. The topological polar surface area (TPSA) is 298 Å². The molecule has 240 valence electrons. The SMILES string of the molecule is COc1cc(OC)c(N=Nc2ccc3cc(S(=O)(=O)O)c(N=Nc4ccc([N+](=O)[O-])c(C(=O)O)c4)c(O)c3c2O)c(S(=O)(=O)O)c1. The molecule has 0 radical (unpaired) electrons. The van der Waals surface area contributed by atoms with E-state index in [0.29, 0.717) is 0 Å². The maximum absolute atomic E-state index is 12.2. The predicted molar refractivity (Wildman–Crippen MR) is 155 cm³/mol. The molecular weight excluding hydrogens is 658 g/mol. The van der Waals surface area contributed by atoms with Crippen molar-refractivity contribution in [3.05, 3.63) is 64.2 Å². The molecule has 0 heterocycles. The lowest BCUT2D eigenvalue weighted by Crippen LogP contribution is -2.02. The number of rotatable bonds is 10. The van der Waals surface area contributed by atoms with Crippen LogP contribution in [0.4, 0.5) is 28.4 Å². The summed E-state index contributed by atoms with van der Waals surface area (Å²) in [5, 5.41) is 56.5. The number of aromatic carboxylic acids is 1. The van der Waals surface area contributed by atoms with Crippen molar-refractivity contribution in [1.82, 2.24) is 0 Å². The van der Waals surface area contributed by atoms with Crippen molar-refractivity contribution >= 4 is 65.4 Å². The van der Waals surface area contributed by atoms with Gasteiger partial charge in [-0.3, -0.25) is 19.2 Å². The minimum Gasteiger partial charge on any atom is -0.505 e. The fourth-order valence-electron chi connectivity index (χ4n) is 4.04. The van der Waals surface area contributed by atoms with Crippen molar-refractivity contribution in [2.75, 3.05) is 14.2 Å². The van der Waals surface area contributed by atoms with Gasteiger partial charge in [-0.15, -0.1) is 15.3 Å². The average molecular weight is 678 g/mol. The van der Waals surface area contributed by atoms with E-state index >= 15 is 0 Å². The highest BCUT2D eigenvalue weighted by atomic mass is 32.2. The summed E-state index contributed by atoms with van der Waals surface area (Å²) in [5.41, 5.74) is -3.75. The maximum Gasteiger partial charge on any atom is 0.342 e. The summed E-state index contributed by atoms with van der Waals surface area (Å²) >= 11 is 0. The summed E-state index contributed by atoms with van der Waals surface area (Å²) in [7, 11) is -7.64. The zero-order chi connectivity index (χ0) is 34.1. The molecule has 0 unspecified atom stereocenters. The first-order valence-corrected chi connectivity index (χ1v) is 14.9. The Kier molecular flexibility index (Phi) is 8.87. The second-order valence-electron chi connectivity index (χ2n) is 8.89. The number of aromatic hydroxyl groups is 2. The van der Waals surface area contributed by atoms with Crippen LogP contribution in [0.25, 0.3) is 10.8 Å². The summed E-state index contributed by atoms with van der Waals surface area (Å²) in [6.45, 7) is 0. The van der Waals surface area contributed by atoms with Crippen LogP contribution in [0.5, 0.6) is 23.0 Å². The van der Waals surface area contributed by atoms with Crippen LogP contribution in [0.1, 0.15) is 10.4 Å². The van der Waals surface area contributed by atoms with Crippen molar-refractivity contribution in [2.24, 2.45) is 20.5 Å². The number of methoxy groups -OCH3 is 2. The number of phenols is 2. The van der Waals surface area contributed by atoms with E-state index in [9.17, 15) is 56.2 Å². The van der Waals surface area contributed by atoms with Gasteiger partial charge in [0.05, 0.1) is 30.2 Å². The highest BCUT2D eigenvalue weighted by molar-refractivity contribution is 7.86. The zero-order valence-corrected chi connectivity index (χ0v) is 24.7. The number of fused-ring (bicyclic) bond motifs is 1. The van der Waals surface area contributed by atoms with Gasteiger partial charge in [0, 0.05) is 18.2 Å². The number of nitrogens with zero attached hydrogens (tertiary/aromatic N) is 5. The normalized spacial score (nSPS) is 12.2. The van der Waals surface area contributed by atoms with Crippen molar-refractivity contribution < 1.29 is 60.5 Å². The Morgan fingerprint density at radius 2 is 1.43 bits per heavy atom. The molecule has 0 amide bonds. The van der Waals surface area contributed by atoms with Crippen LogP contribution < -0.4 is 9.47 Å². The lowest BCUT2D eigenvalue weighted by Gasteiger charge is -2.12. The number of nitro benzene ring substituents is 1. The first-order chi connectivity index (χ1) is 21.5. The van der Waals surface area contributed by atoms with Gasteiger partial charge in [-0.2, -0.15) is 21.9 Å². The molecule has 0 spiro atoms. The van der Waals surface area contributed by atoms with Gasteiger partial charge in [0.25, 0.3) is 25.9 Å². The Balaban J connectivity index is 1.91. The lowest BCUT2D eigenvalue weighted by molar-refractivity contribution is -0.385. The third-order valence-corrected chi connectivity index (χ3v) is 7.86. The molecule has 4 aromatic carbocycles. The first-order valence-electron chi connectivity index (χ1n) is 12.1. The van der Waals surface area contributed by atoms with Crippen LogP contribution in [-0.2, 0) is 20.2 Å². The highest BCUT2D eigenvalue weighted by Gasteiger charge is 2.26. The smallest absolute Gasteiger partial charge is 0.342 e. The standard InChI is InChI=1S/C25H19N5O14S2/c1-43-13-9-17(44-2)21(19(10-13)46(40,41)42)28-27-15-5-3-11-7-18(45(37,38)39)22(24(32)20(11)23(15)31)29-26-12-4-6-16(30(35)36)14(8-12)25(33)34/h3-10,31-32H,1-2H3,(H,33,34)(H,37,38,39)(H,40,41,42). The lowest BCUT2D eigenvalue weighted by atomic mass is 10.1. The van der Waals surface area contributed by atoms with Crippen LogP contribution >= 0.6 is 0 Å². The first kappa shape index (κ1) is 33.1. The Hall–Kier alpha value is -5.77. The summed E-state index contributed by atoms with van der Waals surface area (Å²) in [6.07, 6.45) is 0. The number of nitro groups is 1. The van der Waals surface area contributed by atoms with Gasteiger partial charge in [0.2, 0.25) is 0 Å². The van der Waals surface area contributed by atoms with E-state index in [0.717, 1.165) is 49.6 Å². The van der Waals surface area contributed by atoms with Crippen LogP contribution in [0.3, 0.4) is 0 Å². The summed E-state index contributed by atoms with van der Waals surface area (Å²) in [5.74, 6) is -3.83. The van der Waals surface area contributed by atoms with E-state index in [2.05, 4.69) is 20.5 Å². The number of carboxylic acids is 1. The molecule has 0 atom stereocenters. The second-order valence-corrected chi connectivity index (χ2v) is 11.7. The number of phenolic OH excluding ortho intramolecular Hbond substituents is 2. The van der Waals surface area contributed by atoms with Gasteiger partial charge in [-0.05, 0) is 29.7 Å². The van der Waals surface area contributed by atoms with Gasteiger partial charge in [-0.1, -0.05) is 6.07 Å². The average Bonchev–Trinajstić information content (AvgIpc) is 2.98. The van der Waals surface area contributed by atoms with Gasteiger partial charge >= 0.3 is 5.97 Å². The Labute approximate surface area is 257 Å². The van der Waals surface area contributed by atoms with Gasteiger partial charge in [0.15, 0.2) is 17.2 Å². The largest absolute Gasteiger partial charge is 0.505 e. The van der Waals surface area contributed by atoms with Crippen molar-refractivity contribution in [3.63, 3.8) is 0 Å². The number of carbonyl (C=O) groups is 1.